The van der Waals surface area contributed by atoms with Crippen molar-refractivity contribution >= 4 is 11.7 Å². The fourth-order valence-corrected chi connectivity index (χ4v) is 3.09. The van der Waals surface area contributed by atoms with Crippen LogP contribution in [-0.4, -0.2) is 44.5 Å². The lowest BCUT2D eigenvalue weighted by Crippen LogP contribution is -2.44. The number of hydrogen-bond acceptors (Lipinski definition) is 5. The Morgan fingerprint density at radius 1 is 1.33 bits per heavy atom. The lowest BCUT2D eigenvalue weighted by Gasteiger charge is -2.30. The summed E-state index contributed by atoms with van der Waals surface area (Å²) in [4.78, 5) is 20.5. The first-order valence-electron chi connectivity index (χ1n) is 8.29. The van der Waals surface area contributed by atoms with Gasteiger partial charge >= 0.3 is 6.03 Å². The Kier molecular flexibility index (Phi) is 4.12. The second kappa shape index (κ2) is 6.56. The first kappa shape index (κ1) is 15.1. The zero-order valence-electron chi connectivity index (χ0n) is 13.3. The third-order valence-electron chi connectivity index (χ3n) is 4.47. The molecule has 0 spiro atoms. The van der Waals surface area contributed by atoms with Gasteiger partial charge in [-0.3, -0.25) is 0 Å². The molecule has 1 saturated carbocycles. The van der Waals surface area contributed by atoms with E-state index in [1.165, 1.54) is 23.9 Å². The lowest BCUT2D eigenvalue weighted by molar-refractivity contribution is -0.00889. The number of carbonyl (C=O) groups is 1. The summed E-state index contributed by atoms with van der Waals surface area (Å²) in [5, 5.41) is 9.97. The number of anilines is 1. The number of rotatable bonds is 4. The van der Waals surface area contributed by atoms with Crippen LogP contribution < -0.4 is 10.6 Å². The summed E-state index contributed by atoms with van der Waals surface area (Å²) in [5.74, 6) is 1.22. The summed E-state index contributed by atoms with van der Waals surface area (Å²) in [6.45, 7) is 0.712. The molecule has 8 nitrogen and oxygen atoms in total. The second-order valence-electron chi connectivity index (χ2n) is 6.28. The van der Waals surface area contributed by atoms with Crippen molar-refractivity contribution in [3.05, 3.63) is 31.0 Å². The molecule has 126 valence electrons. The van der Waals surface area contributed by atoms with Crippen molar-refractivity contribution < 1.29 is 9.53 Å². The quantitative estimate of drug-likeness (QED) is 0.891. The number of urea groups is 1. The maximum Gasteiger partial charge on any atom is 0.319 e. The van der Waals surface area contributed by atoms with Gasteiger partial charge in [-0.25, -0.2) is 19.4 Å². The summed E-state index contributed by atoms with van der Waals surface area (Å²) in [5.41, 5.74) is 0.589. The van der Waals surface area contributed by atoms with E-state index in [1.54, 1.807) is 24.7 Å². The fourth-order valence-electron chi connectivity index (χ4n) is 3.09. The van der Waals surface area contributed by atoms with Crippen LogP contribution in [0.15, 0.2) is 31.0 Å². The van der Waals surface area contributed by atoms with E-state index in [9.17, 15) is 4.79 Å². The Morgan fingerprint density at radius 3 is 3.04 bits per heavy atom. The molecule has 0 unspecified atom stereocenters. The highest BCUT2D eigenvalue weighted by Gasteiger charge is 2.36. The van der Waals surface area contributed by atoms with Gasteiger partial charge in [0.1, 0.15) is 12.7 Å². The number of carbonyl (C=O) groups excluding carboxylic acids is 1. The number of nitrogens with zero attached hydrogens (tertiary/aromatic N) is 4. The van der Waals surface area contributed by atoms with Crippen LogP contribution in [0.1, 0.15) is 25.7 Å². The maximum absolute atomic E-state index is 12.4. The van der Waals surface area contributed by atoms with Crippen molar-refractivity contribution in [2.45, 2.75) is 37.8 Å². The monoisotopic (exact) mass is 328 g/mol. The molecule has 3 heterocycles. The molecule has 24 heavy (non-hydrogen) atoms. The van der Waals surface area contributed by atoms with Crippen LogP contribution in [0.4, 0.5) is 10.5 Å². The molecule has 0 aromatic carbocycles. The van der Waals surface area contributed by atoms with Crippen LogP contribution in [0.3, 0.4) is 0 Å². The molecule has 1 aliphatic heterocycles. The summed E-state index contributed by atoms with van der Waals surface area (Å²) in [7, 11) is 0. The van der Waals surface area contributed by atoms with Crippen LogP contribution in [0.25, 0.3) is 5.82 Å². The molecular formula is C16H20N6O2. The molecule has 2 fully saturated rings. The largest absolute Gasteiger partial charge is 0.378 e. The maximum atomic E-state index is 12.4. The Balaban J connectivity index is 1.39. The van der Waals surface area contributed by atoms with Crippen molar-refractivity contribution in [3.8, 4) is 5.82 Å². The van der Waals surface area contributed by atoms with Crippen molar-refractivity contribution in [2.24, 2.45) is 5.92 Å². The molecule has 2 aromatic heterocycles. The molecule has 2 aromatic rings. The minimum absolute atomic E-state index is 0.149. The third-order valence-corrected chi connectivity index (χ3v) is 4.47. The summed E-state index contributed by atoms with van der Waals surface area (Å²) < 4.78 is 7.32. The molecule has 0 bridgehead atoms. The zero-order chi connectivity index (χ0) is 16.4. The second-order valence-corrected chi connectivity index (χ2v) is 6.28. The minimum atomic E-state index is -0.231. The number of pyridine rings is 1. The van der Waals surface area contributed by atoms with Gasteiger partial charge in [0.05, 0.1) is 11.8 Å². The van der Waals surface area contributed by atoms with Gasteiger partial charge in [-0.1, -0.05) is 0 Å². The van der Waals surface area contributed by atoms with Crippen LogP contribution in [-0.2, 0) is 4.74 Å². The predicted molar refractivity (Wildman–Crippen MR) is 86.8 cm³/mol. The Hall–Kier alpha value is -2.48. The van der Waals surface area contributed by atoms with E-state index in [1.807, 2.05) is 0 Å². The molecule has 8 heteroatoms. The van der Waals surface area contributed by atoms with Crippen LogP contribution in [0.5, 0.6) is 0 Å². The van der Waals surface area contributed by atoms with Crippen molar-refractivity contribution in [1.29, 1.82) is 0 Å². The van der Waals surface area contributed by atoms with E-state index in [0.29, 0.717) is 30.1 Å². The Labute approximate surface area is 139 Å². The molecule has 1 aliphatic carbocycles. The van der Waals surface area contributed by atoms with E-state index in [2.05, 4.69) is 25.7 Å². The number of ether oxygens (including phenoxy) is 1. The van der Waals surface area contributed by atoms with E-state index in [-0.39, 0.29) is 12.1 Å². The average Bonchev–Trinajstić information content (AvgIpc) is 3.31. The highest BCUT2D eigenvalue weighted by Crippen LogP contribution is 2.38. The van der Waals surface area contributed by atoms with Gasteiger partial charge in [-0.15, -0.1) is 0 Å². The van der Waals surface area contributed by atoms with Crippen molar-refractivity contribution in [3.63, 3.8) is 0 Å². The predicted octanol–water partition coefficient (Wildman–Crippen LogP) is 1.74. The molecule has 2 aliphatic rings. The summed E-state index contributed by atoms with van der Waals surface area (Å²) >= 11 is 0. The fraction of sp³-hybridized carbons (Fsp3) is 0.500. The Bertz CT molecular complexity index is 700. The summed E-state index contributed by atoms with van der Waals surface area (Å²) in [6, 6.07) is 3.48. The topological polar surface area (TPSA) is 94.0 Å². The van der Waals surface area contributed by atoms with Gasteiger partial charge in [-0.05, 0) is 43.7 Å². The van der Waals surface area contributed by atoms with Gasteiger partial charge in [0.2, 0.25) is 0 Å². The minimum Gasteiger partial charge on any atom is -0.378 e. The van der Waals surface area contributed by atoms with Crippen LogP contribution in [0.2, 0.25) is 0 Å². The molecule has 0 radical (unpaired) electrons. The van der Waals surface area contributed by atoms with Crippen molar-refractivity contribution in [1.82, 2.24) is 25.1 Å². The van der Waals surface area contributed by atoms with Crippen molar-refractivity contribution in [2.75, 3.05) is 11.9 Å². The number of nitrogens with one attached hydrogen (secondary N) is 2. The van der Waals surface area contributed by atoms with E-state index >= 15 is 0 Å². The molecular weight excluding hydrogens is 308 g/mol. The first-order valence-corrected chi connectivity index (χ1v) is 8.29. The smallest absolute Gasteiger partial charge is 0.319 e. The number of amides is 2. The number of hydrogen-bond donors (Lipinski definition) is 2. The molecule has 2 atom stereocenters. The van der Waals surface area contributed by atoms with Gasteiger partial charge in [0, 0.05) is 18.8 Å². The molecule has 2 amide bonds. The van der Waals surface area contributed by atoms with Gasteiger partial charge in [-0.2, -0.15) is 5.10 Å². The highest BCUT2D eigenvalue weighted by molar-refractivity contribution is 5.91. The highest BCUT2D eigenvalue weighted by atomic mass is 16.5. The summed E-state index contributed by atoms with van der Waals surface area (Å²) in [6.07, 6.45) is 9.16. The van der Waals surface area contributed by atoms with Gasteiger partial charge in [0.25, 0.3) is 0 Å². The van der Waals surface area contributed by atoms with E-state index < -0.39 is 0 Å². The van der Waals surface area contributed by atoms with E-state index in [4.69, 9.17) is 4.74 Å². The van der Waals surface area contributed by atoms with Crippen LogP contribution in [0, 0.1) is 5.92 Å². The zero-order valence-corrected chi connectivity index (χ0v) is 13.3. The third kappa shape index (κ3) is 3.38. The molecule has 1 saturated heterocycles. The Morgan fingerprint density at radius 2 is 2.25 bits per heavy atom. The standard InChI is InChI=1S/C16H20N6O2/c23-16(20-12-5-7-24-14(8-12)11-3-4-11)21-13-2-1-6-18-15(13)22-10-17-9-19-22/h1-2,6,9-12,14H,3-5,7-8H2,(H2,20,21,23)/t12-,14-/m0/s1. The van der Waals surface area contributed by atoms with Gasteiger partial charge < -0.3 is 15.4 Å². The van der Waals surface area contributed by atoms with Crippen LogP contribution >= 0.6 is 0 Å². The number of aromatic nitrogens is 4. The molecule has 2 N–H and O–H groups in total. The molecule has 4 rings (SSSR count). The SMILES string of the molecule is O=C(Nc1cccnc1-n1cncn1)N[C@H]1CCO[C@H](C2CC2)C1. The first-order chi connectivity index (χ1) is 11.8. The normalized spacial score (nSPS) is 23.7. The average molecular weight is 328 g/mol. The lowest BCUT2D eigenvalue weighted by atomic mass is 10.0. The van der Waals surface area contributed by atoms with E-state index in [0.717, 1.165) is 12.8 Å². The van der Waals surface area contributed by atoms with Gasteiger partial charge in [0.15, 0.2) is 5.82 Å².